The van der Waals surface area contributed by atoms with Crippen LogP contribution in [0.1, 0.15) is 40.0 Å². The van der Waals surface area contributed by atoms with Gasteiger partial charge in [0.25, 0.3) is 5.91 Å². The minimum atomic E-state index is -1.91. The van der Waals surface area contributed by atoms with Crippen molar-refractivity contribution in [3.8, 4) is 22.8 Å². The van der Waals surface area contributed by atoms with Gasteiger partial charge < -0.3 is 39.4 Å². The monoisotopic (exact) mass is 797 g/mol. The van der Waals surface area contributed by atoms with Crippen LogP contribution in [-0.4, -0.2) is 92.9 Å². The number of methoxy groups -OCH3 is 1. The first-order valence-corrected chi connectivity index (χ1v) is 19.7. The number of alkyl carbamates (subject to hydrolysis) is 1. The Morgan fingerprint density at radius 2 is 1.77 bits per heavy atom. The summed E-state index contributed by atoms with van der Waals surface area (Å²) in [5, 5.41) is 16.0. The number of pyridine rings is 1. The molecule has 1 saturated carbocycles. The van der Waals surface area contributed by atoms with Crippen LogP contribution in [0.2, 0.25) is 0 Å². The van der Waals surface area contributed by atoms with E-state index in [1.807, 2.05) is 36.4 Å². The third-order valence-corrected chi connectivity index (χ3v) is 10.9. The molecule has 4 amide bonds. The van der Waals surface area contributed by atoms with Crippen molar-refractivity contribution >= 4 is 46.1 Å². The lowest BCUT2D eigenvalue weighted by Gasteiger charge is -2.30. The smallest absolute Gasteiger partial charge is 0.408 e. The summed E-state index contributed by atoms with van der Waals surface area (Å²) in [5.41, 5.74) is -0.277. The van der Waals surface area contributed by atoms with Gasteiger partial charge in [-0.2, -0.15) is 4.72 Å². The average molecular weight is 798 g/mol. The first kappa shape index (κ1) is 41.0. The maximum Gasteiger partial charge on any atom is 0.408 e. The van der Waals surface area contributed by atoms with Gasteiger partial charge in [0.15, 0.2) is 4.90 Å². The molecule has 14 nitrogen and oxygen atoms in total. The maximum absolute atomic E-state index is 14.4. The van der Waals surface area contributed by atoms with Crippen molar-refractivity contribution in [1.29, 1.82) is 0 Å². The van der Waals surface area contributed by atoms with Crippen molar-refractivity contribution in [2.75, 3.05) is 20.3 Å². The Kier molecular flexibility index (Phi) is 12.4. The second-order valence-corrected chi connectivity index (χ2v) is 16.2. The van der Waals surface area contributed by atoms with Crippen molar-refractivity contribution in [1.82, 2.24) is 25.2 Å². The molecule has 2 aliphatic rings. The number of hydrogen-bond donors (Lipinski definition) is 4. The van der Waals surface area contributed by atoms with Gasteiger partial charge in [0.1, 0.15) is 52.2 Å². The van der Waals surface area contributed by atoms with Gasteiger partial charge in [-0.3, -0.25) is 14.4 Å². The molecule has 0 bridgehead atoms. The SMILES string of the molecule is C=C[C@@H]1C[C@]1(NC(=O)[C@@H]1C[C@@H](Oc2cc(-c3ccccc3)nc3cc(OC)ccc23)CN1C(=O)[C@H](CCO)NC(=O)OC(C)(C)C)C(=O)N[S+]([O-])c1ccccc1. The van der Waals surface area contributed by atoms with E-state index in [1.165, 1.54) is 4.90 Å². The van der Waals surface area contributed by atoms with Crippen LogP contribution in [-0.2, 0) is 30.5 Å². The average Bonchev–Trinajstić information content (AvgIpc) is 3.75. The van der Waals surface area contributed by atoms with Crippen molar-refractivity contribution in [2.24, 2.45) is 5.92 Å². The Morgan fingerprint density at radius 1 is 1.07 bits per heavy atom. The number of hydrogen-bond acceptors (Lipinski definition) is 10. The number of nitrogens with zero attached hydrogens (tertiary/aromatic N) is 2. The number of likely N-dealkylation sites (tertiary alicyclic amines) is 1. The van der Waals surface area contributed by atoms with Crippen molar-refractivity contribution < 1.29 is 43.0 Å². The minimum Gasteiger partial charge on any atom is -0.588 e. The van der Waals surface area contributed by atoms with Gasteiger partial charge in [-0.15, -0.1) is 6.58 Å². The maximum atomic E-state index is 14.4. The summed E-state index contributed by atoms with van der Waals surface area (Å²) in [6, 6.07) is 22.7. The summed E-state index contributed by atoms with van der Waals surface area (Å²) in [4.78, 5) is 61.9. The zero-order valence-corrected chi connectivity index (χ0v) is 33.0. The van der Waals surface area contributed by atoms with Gasteiger partial charge in [0.05, 0.1) is 24.9 Å². The second kappa shape index (κ2) is 17.2. The molecule has 6 atom stereocenters. The molecular formula is C42H47N5O9S. The number of aliphatic hydroxyl groups excluding tert-OH is 1. The largest absolute Gasteiger partial charge is 0.588 e. The van der Waals surface area contributed by atoms with Crippen LogP contribution < -0.4 is 24.8 Å². The molecule has 4 N–H and O–H groups in total. The second-order valence-electron chi connectivity index (χ2n) is 15.0. The summed E-state index contributed by atoms with van der Waals surface area (Å²) in [5.74, 6) is -1.41. The summed E-state index contributed by atoms with van der Waals surface area (Å²) in [6.45, 7) is 8.32. The molecule has 0 spiro atoms. The number of fused-ring (bicyclic) bond motifs is 1. The zero-order chi connectivity index (χ0) is 40.9. The van der Waals surface area contributed by atoms with E-state index in [1.54, 1.807) is 82.5 Å². The molecule has 300 valence electrons. The van der Waals surface area contributed by atoms with Crippen LogP contribution in [0.4, 0.5) is 4.79 Å². The summed E-state index contributed by atoms with van der Waals surface area (Å²) in [7, 11) is 1.56. The molecule has 1 aliphatic carbocycles. The van der Waals surface area contributed by atoms with E-state index in [2.05, 4.69) is 21.9 Å². The number of ether oxygens (including phenoxy) is 3. The van der Waals surface area contributed by atoms with E-state index in [9.17, 15) is 28.8 Å². The molecule has 1 aromatic heterocycles. The lowest BCUT2D eigenvalue weighted by atomic mass is 10.1. The highest BCUT2D eigenvalue weighted by Gasteiger charge is 2.62. The molecule has 6 rings (SSSR count). The lowest BCUT2D eigenvalue weighted by Crippen LogP contribution is -2.58. The van der Waals surface area contributed by atoms with Gasteiger partial charge in [-0.25, -0.2) is 9.78 Å². The third kappa shape index (κ3) is 9.50. The molecular weight excluding hydrogens is 751 g/mol. The van der Waals surface area contributed by atoms with E-state index in [-0.39, 0.29) is 25.8 Å². The zero-order valence-electron chi connectivity index (χ0n) is 32.2. The van der Waals surface area contributed by atoms with E-state index in [0.29, 0.717) is 33.0 Å². The fourth-order valence-electron chi connectivity index (χ4n) is 6.86. The fourth-order valence-corrected chi connectivity index (χ4v) is 7.74. The standard InChI is InChI=1S/C42H47N5O9S/c1-6-27-24-42(27,39(51)46-57(53)30-15-11-8-12-16-30)45-37(49)35-22-29(25-47(35)38(50)32(19-20-48)44-40(52)56-41(2,3)4)55-36-23-33(26-13-9-7-10-14-26)43-34-21-28(54-5)17-18-31(34)36/h6-18,21,23,27,29,32,35,48H,1,19-20,22,24-25H2,2-5H3,(H,44,52)(H,45,49)(H,46,51)/t27-,29-,32+,35+,42-,57?/m1/s1. The Morgan fingerprint density at radius 3 is 2.40 bits per heavy atom. The van der Waals surface area contributed by atoms with Crippen LogP contribution >= 0.6 is 0 Å². The highest BCUT2D eigenvalue weighted by molar-refractivity contribution is 7.90. The van der Waals surface area contributed by atoms with Crippen LogP contribution in [0.5, 0.6) is 11.5 Å². The highest BCUT2D eigenvalue weighted by atomic mass is 32.2. The van der Waals surface area contributed by atoms with E-state index >= 15 is 0 Å². The van der Waals surface area contributed by atoms with Crippen molar-refractivity contribution in [3.63, 3.8) is 0 Å². The first-order valence-electron chi connectivity index (χ1n) is 18.6. The fraction of sp³-hybridized carbons (Fsp3) is 0.357. The van der Waals surface area contributed by atoms with Gasteiger partial charge in [0.2, 0.25) is 11.8 Å². The van der Waals surface area contributed by atoms with Crippen molar-refractivity contribution in [3.05, 3.63) is 97.6 Å². The number of amides is 4. The normalized spacial score (nSPS) is 21.2. The molecule has 1 saturated heterocycles. The molecule has 2 fully saturated rings. The summed E-state index contributed by atoms with van der Waals surface area (Å²) >= 11 is -1.91. The lowest BCUT2D eigenvalue weighted by molar-refractivity contribution is -0.141. The van der Waals surface area contributed by atoms with Gasteiger partial charge in [0, 0.05) is 42.0 Å². The third-order valence-electron chi connectivity index (χ3n) is 9.79. The predicted octanol–water partition coefficient (Wildman–Crippen LogP) is 4.43. The van der Waals surface area contributed by atoms with E-state index < -0.39 is 77.0 Å². The van der Waals surface area contributed by atoms with Gasteiger partial charge in [-0.1, -0.05) is 54.6 Å². The van der Waals surface area contributed by atoms with Crippen LogP contribution in [0.15, 0.2) is 102 Å². The quantitative estimate of drug-likeness (QED) is 0.105. The van der Waals surface area contributed by atoms with Crippen molar-refractivity contribution in [2.45, 2.75) is 74.3 Å². The number of nitrogens with one attached hydrogen (secondary N) is 3. The molecule has 2 heterocycles. The number of carbonyl (C=O) groups is 4. The Bertz CT molecular complexity index is 2120. The number of carbonyl (C=O) groups excluding carboxylic acids is 4. The molecule has 1 aliphatic heterocycles. The molecule has 3 aromatic carbocycles. The van der Waals surface area contributed by atoms with Crippen LogP contribution in [0.25, 0.3) is 22.2 Å². The molecule has 57 heavy (non-hydrogen) atoms. The number of aromatic nitrogens is 1. The number of benzene rings is 3. The first-order chi connectivity index (χ1) is 27.2. The minimum absolute atomic E-state index is 0.00287. The number of rotatable bonds is 14. The Hall–Kier alpha value is -5.64. The molecule has 15 heteroatoms. The Balaban J connectivity index is 1.31. The summed E-state index contributed by atoms with van der Waals surface area (Å²) < 4.78 is 33.1. The highest BCUT2D eigenvalue weighted by Crippen LogP contribution is 2.45. The predicted molar refractivity (Wildman–Crippen MR) is 213 cm³/mol. The topological polar surface area (TPSA) is 191 Å². The Labute approximate surface area is 334 Å². The van der Waals surface area contributed by atoms with Crippen LogP contribution in [0.3, 0.4) is 0 Å². The molecule has 0 radical (unpaired) electrons. The van der Waals surface area contributed by atoms with E-state index in [4.69, 9.17) is 19.2 Å². The van der Waals surface area contributed by atoms with Crippen LogP contribution in [0, 0.1) is 5.92 Å². The molecule has 1 unspecified atom stereocenters. The molecule has 4 aromatic rings. The summed E-state index contributed by atoms with van der Waals surface area (Å²) in [6.07, 6.45) is -0.0385. The van der Waals surface area contributed by atoms with E-state index in [0.717, 1.165) is 5.56 Å². The number of aliphatic hydroxyl groups is 1. The van der Waals surface area contributed by atoms with Gasteiger partial charge in [-0.05, 0) is 57.9 Å². The van der Waals surface area contributed by atoms with Gasteiger partial charge >= 0.3 is 6.09 Å².